The van der Waals surface area contributed by atoms with Crippen molar-refractivity contribution in [2.45, 2.75) is 33.1 Å². The molecule has 1 aromatic carbocycles. The Morgan fingerprint density at radius 3 is 2.32 bits per heavy atom. The summed E-state index contributed by atoms with van der Waals surface area (Å²) in [4.78, 5) is 0. The van der Waals surface area contributed by atoms with E-state index in [-0.39, 0.29) is 5.75 Å². The standard InChI is InChI=1S/C15H23NO2S/c1-13-3-5-15(6-4-13)9-12-19(17,18)16-10-7-14(2)8-11-16/h3-6,14H,7-12H2,1-2H3. The Morgan fingerprint density at radius 2 is 1.74 bits per heavy atom. The molecule has 1 aliphatic rings. The highest BCUT2D eigenvalue weighted by molar-refractivity contribution is 7.89. The molecule has 106 valence electrons. The van der Waals surface area contributed by atoms with Crippen LogP contribution in [0.4, 0.5) is 0 Å². The molecule has 4 heteroatoms. The normalized spacial score (nSPS) is 18.6. The topological polar surface area (TPSA) is 37.4 Å². The van der Waals surface area contributed by atoms with Gasteiger partial charge in [-0.3, -0.25) is 0 Å². The van der Waals surface area contributed by atoms with Crippen molar-refractivity contribution in [1.29, 1.82) is 0 Å². The first kappa shape index (κ1) is 14.5. The zero-order valence-electron chi connectivity index (χ0n) is 11.8. The van der Waals surface area contributed by atoms with Crippen LogP contribution in [0.15, 0.2) is 24.3 Å². The molecule has 3 nitrogen and oxygen atoms in total. The summed E-state index contributed by atoms with van der Waals surface area (Å²) in [5, 5.41) is 0. The Morgan fingerprint density at radius 1 is 1.16 bits per heavy atom. The molecule has 1 aliphatic heterocycles. The van der Waals surface area contributed by atoms with Crippen LogP contribution in [0.3, 0.4) is 0 Å². The van der Waals surface area contributed by atoms with Crippen molar-refractivity contribution in [1.82, 2.24) is 4.31 Å². The first-order valence-corrected chi connectivity index (χ1v) is 8.61. The van der Waals surface area contributed by atoms with Crippen molar-refractivity contribution in [3.8, 4) is 0 Å². The van der Waals surface area contributed by atoms with Crippen LogP contribution in [0.2, 0.25) is 0 Å². The molecular weight excluding hydrogens is 258 g/mol. The third-order valence-corrected chi connectivity index (χ3v) is 5.78. The summed E-state index contributed by atoms with van der Waals surface area (Å²) >= 11 is 0. The van der Waals surface area contributed by atoms with Gasteiger partial charge in [0.15, 0.2) is 0 Å². The fourth-order valence-electron chi connectivity index (χ4n) is 2.39. The van der Waals surface area contributed by atoms with E-state index < -0.39 is 10.0 Å². The number of hydrogen-bond acceptors (Lipinski definition) is 2. The van der Waals surface area contributed by atoms with E-state index in [0.29, 0.717) is 25.4 Å². The largest absolute Gasteiger partial charge is 0.214 e. The van der Waals surface area contributed by atoms with E-state index >= 15 is 0 Å². The van der Waals surface area contributed by atoms with Crippen molar-refractivity contribution in [3.63, 3.8) is 0 Å². The van der Waals surface area contributed by atoms with E-state index in [9.17, 15) is 8.42 Å². The number of benzene rings is 1. The maximum atomic E-state index is 12.3. The molecule has 0 amide bonds. The van der Waals surface area contributed by atoms with Gasteiger partial charge in [0, 0.05) is 13.1 Å². The quantitative estimate of drug-likeness (QED) is 0.850. The Bertz CT molecular complexity index is 499. The summed E-state index contributed by atoms with van der Waals surface area (Å²) in [6.07, 6.45) is 2.59. The molecule has 0 spiro atoms. The number of piperidine rings is 1. The second-order valence-corrected chi connectivity index (χ2v) is 7.72. The van der Waals surface area contributed by atoms with Gasteiger partial charge >= 0.3 is 0 Å². The van der Waals surface area contributed by atoms with Gasteiger partial charge in [-0.1, -0.05) is 36.8 Å². The Hall–Kier alpha value is -0.870. The van der Waals surface area contributed by atoms with Gasteiger partial charge in [0.05, 0.1) is 5.75 Å². The predicted molar refractivity (Wildman–Crippen MR) is 78.6 cm³/mol. The monoisotopic (exact) mass is 281 g/mol. The number of sulfonamides is 1. The van der Waals surface area contributed by atoms with Gasteiger partial charge in [-0.2, -0.15) is 0 Å². The molecule has 1 aromatic rings. The van der Waals surface area contributed by atoms with Crippen molar-refractivity contribution >= 4 is 10.0 Å². The van der Waals surface area contributed by atoms with Gasteiger partial charge in [0.1, 0.15) is 0 Å². The summed E-state index contributed by atoms with van der Waals surface area (Å²) in [5.74, 6) is 0.883. The highest BCUT2D eigenvalue weighted by Crippen LogP contribution is 2.19. The minimum atomic E-state index is -3.08. The second kappa shape index (κ2) is 6.06. The van der Waals surface area contributed by atoms with Gasteiger partial charge in [0.2, 0.25) is 10.0 Å². The van der Waals surface area contributed by atoms with E-state index in [1.807, 2.05) is 31.2 Å². The maximum absolute atomic E-state index is 12.3. The Kier molecular flexibility index (Phi) is 4.63. The second-order valence-electron chi connectivity index (χ2n) is 5.63. The van der Waals surface area contributed by atoms with Crippen molar-refractivity contribution in [2.75, 3.05) is 18.8 Å². The summed E-state index contributed by atoms with van der Waals surface area (Å²) in [6, 6.07) is 8.10. The van der Waals surface area contributed by atoms with Gasteiger partial charge < -0.3 is 0 Å². The van der Waals surface area contributed by atoms with E-state index in [1.165, 1.54) is 5.56 Å². The summed E-state index contributed by atoms with van der Waals surface area (Å²) in [5.41, 5.74) is 2.30. The molecule has 1 heterocycles. The number of nitrogens with zero attached hydrogens (tertiary/aromatic N) is 1. The van der Waals surface area contributed by atoms with Crippen LogP contribution in [-0.4, -0.2) is 31.6 Å². The SMILES string of the molecule is Cc1ccc(CCS(=O)(=O)N2CCC(C)CC2)cc1. The van der Waals surface area contributed by atoms with E-state index in [4.69, 9.17) is 0 Å². The minimum Gasteiger partial charge on any atom is -0.212 e. The molecule has 0 N–H and O–H groups in total. The number of rotatable bonds is 4. The third-order valence-electron chi connectivity index (χ3n) is 3.91. The predicted octanol–water partition coefficient (Wildman–Crippen LogP) is 2.60. The molecule has 2 rings (SSSR count). The molecule has 1 saturated heterocycles. The molecule has 0 bridgehead atoms. The highest BCUT2D eigenvalue weighted by atomic mass is 32.2. The van der Waals surface area contributed by atoms with Crippen molar-refractivity contribution < 1.29 is 8.42 Å². The fraction of sp³-hybridized carbons (Fsp3) is 0.600. The number of hydrogen-bond donors (Lipinski definition) is 0. The Labute approximate surface area is 116 Å². The lowest BCUT2D eigenvalue weighted by Gasteiger charge is -2.29. The summed E-state index contributed by atoms with van der Waals surface area (Å²) in [6.45, 7) is 5.61. The third kappa shape index (κ3) is 4.05. The first-order chi connectivity index (χ1) is 8.97. The van der Waals surface area contributed by atoms with Crippen LogP contribution in [0.1, 0.15) is 30.9 Å². The molecule has 19 heavy (non-hydrogen) atoms. The van der Waals surface area contributed by atoms with E-state index in [0.717, 1.165) is 18.4 Å². The smallest absolute Gasteiger partial charge is 0.212 e. The first-order valence-electron chi connectivity index (χ1n) is 7.01. The summed E-state index contributed by atoms with van der Waals surface area (Å²) < 4.78 is 26.2. The van der Waals surface area contributed by atoms with Crippen LogP contribution < -0.4 is 0 Å². The molecule has 0 saturated carbocycles. The number of aryl methyl sites for hydroxylation is 2. The summed E-state index contributed by atoms with van der Waals surface area (Å²) in [7, 11) is -3.08. The van der Waals surface area contributed by atoms with Gasteiger partial charge in [-0.05, 0) is 37.7 Å². The van der Waals surface area contributed by atoms with Crippen LogP contribution in [0, 0.1) is 12.8 Å². The average molecular weight is 281 g/mol. The average Bonchev–Trinajstić information content (AvgIpc) is 2.39. The van der Waals surface area contributed by atoms with Gasteiger partial charge in [0.25, 0.3) is 0 Å². The lowest BCUT2D eigenvalue weighted by atomic mass is 10.0. The van der Waals surface area contributed by atoms with E-state index in [2.05, 4.69) is 6.92 Å². The van der Waals surface area contributed by atoms with Gasteiger partial charge in [-0.15, -0.1) is 0 Å². The lowest BCUT2D eigenvalue weighted by molar-refractivity contribution is 0.288. The van der Waals surface area contributed by atoms with Crippen LogP contribution >= 0.6 is 0 Å². The van der Waals surface area contributed by atoms with Crippen molar-refractivity contribution in [2.24, 2.45) is 5.92 Å². The minimum absolute atomic E-state index is 0.227. The zero-order chi connectivity index (χ0) is 13.9. The Balaban J connectivity index is 1.92. The van der Waals surface area contributed by atoms with Gasteiger partial charge in [-0.25, -0.2) is 12.7 Å². The van der Waals surface area contributed by atoms with Crippen LogP contribution in [0.25, 0.3) is 0 Å². The van der Waals surface area contributed by atoms with Crippen LogP contribution in [0.5, 0.6) is 0 Å². The maximum Gasteiger partial charge on any atom is 0.214 e. The molecule has 0 aliphatic carbocycles. The molecule has 0 atom stereocenters. The lowest BCUT2D eigenvalue weighted by Crippen LogP contribution is -2.39. The molecule has 0 radical (unpaired) electrons. The fourth-order valence-corrected chi connectivity index (χ4v) is 3.91. The molecule has 1 fully saturated rings. The zero-order valence-corrected chi connectivity index (χ0v) is 12.6. The van der Waals surface area contributed by atoms with Crippen LogP contribution in [-0.2, 0) is 16.4 Å². The molecule has 0 unspecified atom stereocenters. The molecule has 0 aromatic heterocycles. The highest BCUT2D eigenvalue weighted by Gasteiger charge is 2.25. The van der Waals surface area contributed by atoms with E-state index in [1.54, 1.807) is 4.31 Å². The van der Waals surface area contributed by atoms with Crippen molar-refractivity contribution in [3.05, 3.63) is 35.4 Å². The molecular formula is C15H23NO2S.